The average Bonchev–Trinajstić information content (AvgIpc) is 2.43. The van der Waals surface area contributed by atoms with E-state index in [9.17, 15) is 9.50 Å². The standard InChI is InChI=1S/C15H16FNO2/c1-3-14(18)13-7-5-11(9-17-13)19-15-8-10(2)4-6-12(15)16/h4-9,14,18H,3H2,1-2H3. The van der Waals surface area contributed by atoms with E-state index in [1.54, 1.807) is 24.3 Å². The van der Waals surface area contributed by atoms with Crippen LogP contribution in [0.1, 0.15) is 30.7 Å². The highest BCUT2D eigenvalue weighted by Crippen LogP contribution is 2.25. The van der Waals surface area contributed by atoms with Gasteiger partial charge in [-0.15, -0.1) is 0 Å². The van der Waals surface area contributed by atoms with Gasteiger partial charge in [0.15, 0.2) is 11.6 Å². The van der Waals surface area contributed by atoms with Gasteiger partial charge in [0.25, 0.3) is 0 Å². The number of ether oxygens (including phenoxy) is 1. The van der Waals surface area contributed by atoms with Crippen LogP contribution >= 0.6 is 0 Å². The Morgan fingerprint density at radius 3 is 2.74 bits per heavy atom. The molecule has 1 heterocycles. The van der Waals surface area contributed by atoms with Crippen LogP contribution in [0.5, 0.6) is 11.5 Å². The number of rotatable bonds is 4. The fraction of sp³-hybridized carbons (Fsp3) is 0.267. The number of benzene rings is 1. The van der Waals surface area contributed by atoms with Crippen molar-refractivity contribution in [2.45, 2.75) is 26.4 Å². The van der Waals surface area contributed by atoms with Gasteiger partial charge in [-0.25, -0.2) is 4.39 Å². The van der Waals surface area contributed by atoms with Crippen LogP contribution in [-0.2, 0) is 0 Å². The lowest BCUT2D eigenvalue weighted by molar-refractivity contribution is 0.169. The molecule has 1 aromatic heterocycles. The minimum Gasteiger partial charge on any atom is -0.453 e. The first-order valence-electron chi connectivity index (χ1n) is 6.18. The fourth-order valence-corrected chi connectivity index (χ4v) is 1.67. The Morgan fingerprint density at radius 1 is 1.32 bits per heavy atom. The number of halogens is 1. The summed E-state index contributed by atoms with van der Waals surface area (Å²) in [5.41, 5.74) is 1.50. The van der Waals surface area contributed by atoms with Gasteiger partial charge in [-0.1, -0.05) is 13.0 Å². The minimum absolute atomic E-state index is 0.172. The first-order chi connectivity index (χ1) is 9.10. The number of aliphatic hydroxyl groups is 1. The Kier molecular flexibility index (Phi) is 4.12. The second-order valence-corrected chi connectivity index (χ2v) is 4.38. The molecule has 100 valence electrons. The molecule has 0 aliphatic carbocycles. The normalized spacial score (nSPS) is 12.2. The molecule has 0 spiro atoms. The summed E-state index contributed by atoms with van der Waals surface area (Å²) in [5.74, 6) is 0.199. The number of pyridine rings is 1. The van der Waals surface area contributed by atoms with Crippen molar-refractivity contribution in [3.63, 3.8) is 0 Å². The molecule has 1 N–H and O–H groups in total. The van der Waals surface area contributed by atoms with E-state index in [0.29, 0.717) is 17.9 Å². The van der Waals surface area contributed by atoms with E-state index in [4.69, 9.17) is 4.74 Å². The summed E-state index contributed by atoms with van der Waals surface area (Å²) >= 11 is 0. The zero-order valence-corrected chi connectivity index (χ0v) is 10.9. The van der Waals surface area contributed by atoms with Crippen molar-refractivity contribution >= 4 is 0 Å². The van der Waals surface area contributed by atoms with Crippen LogP contribution < -0.4 is 4.74 Å². The van der Waals surface area contributed by atoms with Crippen LogP contribution in [0.25, 0.3) is 0 Å². The third-order valence-corrected chi connectivity index (χ3v) is 2.80. The molecule has 19 heavy (non-hydrogen) atoms. The van der Waals surface area contributed by atoms with Crippen molar-refractivity contribution in [3.05, 3.63) is 53.6 Å². The predicted octanol–water partition coefficient (Wildman–Crippen LogP) is 3.76. The van der Waals surface area contributed by atoms with Crippen LogP contribution in [0, 0.1) is 12.7 Å². The minimum atomic E-state index is -0.579. The molecule has 0 aliphatic heterocycles. The zero-order valence-electron chi connectivity index (χ0n) is 10.9. The Labute approximate surface area is 111 Å². The molecular weight excluding hydrogens is 245 g/mol. The van der Waals surface area contributed by atoms with Crippen LogP contribution in [0.3, 0.4) is 0 Å². The maximum atomic E-state index is 13.5. The second kappa shape index (κ2) is 5.80. The van der Waals surface area contributed by atoms with E-state index >= 15 is 0 Å². The van der Waals surface area contributed by atoms with Crippen molar-refractivity contribution in [2.75, 3.05) is 0 Å². The number of aliphatic hydroxyl groups excluding tert-OH is 1. The summed E-state index contributed by atoms with van der Waals surface area (Å²) < 4.78 is 19.0. The van der Waals surface area contributed by atoms with Crippen LogP contribution in [0.2, 0.25) is 0 Å². The molecule has 0 saturated carbocycles. The van der Waals surface area contributed by atoms with Crippen LogP contribution in [-0.4, -0.2) is 10.1 Å². The lowest BCUT2D eigenvalue weighted by Crippen LogP contribution is -1.98. The summed E-state index contributed by atoms with van der Waals surface area (Å²) in [4.78, 5) is 4.10. The Bertz CT molecular complexity index is 555. The Morgan fingerprint density at radius 2 is 2.11 bits per heavy atom. The highest BCUT2D eigenvalue weighted by Gasteiger charge is 2.08. The molecular formula is C15H16FNO2. The van der Waals surface area contributed by atoms with Crippen LogP contribution in [0.15, 0.2) is 36.5 Å². The topological polar surface area (TPSA) is 42.4 Å². The zero-order chi connectivity index (χ0) is 13.8. The molecule has 0 radical (unpaired) electrons. The highest BCUT2D eigenvalue weighted by atomic mass is 19.1. The second-order valence-electron chi connectivity index (χ2n) is 4.38. The monoisotopic (exact) mass is 261 g/mol. The van der Waals surface area contributed by atoms with Crippen molar-refractivity contribution in [2.24, 2.45) is 0 Å². The van der Waals surface area contributed by atoms with Gasteiger partial charge in [-0.05, 0) is 43.2 Å². The van der Waals surface area contributed by atoms with Gasteiger partial charge in [-0.2, -0.15) is 0 Å². The first kappa shape index (κ1) is 13.5. The highest BCUT2D eigenvalue weighted by molar-refractivity contribution is 5.34. The number of nitrogens with zero attached hydrogens (tertiary/aromatic N) is 1. The lowest BCUT2D eigenvalue weighted by atomic mass is 10.2. The molecule has 1 aromatic carbocycles. The molecule has 0 aliphatic rings. The van der Waals surface area contributed by atoms with Crippen molar-refractivity contribution in [1.82, 2.24) is 4.98 Å². The Hall–Kier alpha value is -1.94. The molecule has 4 heteroatoms. The molecule has 0 amide bonds. The van der Waals surface area contributed by atoms with Gasteiger partial charge in [0, 0.05) is 0 Å². The molecule has 3 nitrogen and oxygen atoms in total. The summed E-state index contributed by atoms with van der Waals surface area (Å²) in [6.45, 7) is 3.74. The Balaban J connectivity index is 2.17. The molecule has 0 fully saturated rings. The number of aromatic nitrogens is 1. The largest absolute Gasteiger partial charge is 0.453 e. The summed E-state index contributed by atoms with van der Waals surface area (Å²) in [6, 6.07) is 8.03. The summed E-state index contributed by atoms with van der Waals surface area (Å²) in [5, 5.41) is 9.63. The smallest absolute Gasteiger partial charge is 0.165 e. The fourth-order valence-electron chi connectivity index (χ4n) is 1.67. The van der Waals surface area contributed by atoms with E-state index in [0.717, 1.165) is 5.56 Å². The maximum Gasteiger partial charge on any atom is 0.165 e. The summed E-state index contributed by atoms with van der Waals surface area (Å²) in [6.07, 6.45) is 1.50. The maximum absolute atomic E-state index is 13.5. The number of hydrogen-bond donors (Lipinski definition) is 1. The third kappa shape index (κ3) is 3.29. The number of aryl methyl sites for hydroxylation is 1. The first-order valence-corrected chi connectivity index (χ1v) is 6.18. The van der Waals surface area contributed by atoms with Crippen molar-refractivity contribution in [3.8, 4) is 11.5 Å². The predicted molar refractivity (Wildman–Crippen MR) is 70.7 cm³/mol. The van der Waals surface area contributed by atoms with Gasteiger partial charge in [0.1, 0.15) is 5.75 Å². The van der Waals surface area contributed by atoms with E-state index in [1.165, 1.54) is 12.3 Å². The SMILES string of the molecule is CCC(O)c1ccc(Oc2cc(C)ccc2F)cn1. The van der Waals surface area contributed by atoms with Gasteiger partial charge < -0.3 is 9.84 Å². The molecule has 2 aromatic rings. The van der Waals surface area contributed by atoms with E-state index in [-0.39, 0.29) is 5.75 Å². The molecule has 0 bridgehead atoms. The number of hydrogen-bond acceptors (Lipinski definition) is 3. The quantitative estimate of drug-likeness (QED) is 0.911. The molecule has 0 saturated heterocycles. The van der Waals surface area contributed by atoms with E-state index < -0.39 is 11.9 Å². The van der Waals surface area contributed by atoms with Gasteiger partial charge in [0.05, 0.1) is 18.0 Å². The summed E-state index contributed by atoms with van der Waals surface area (Å²) in [7, 11) is 0. The van der Waals surface area contributed by atoms with Crippen LogP contribution in [0.4, 0.5) is 4.39 Å². The van der Waals surface area contributed by atoms with Gasteiger partial charge >= 0.3 is 0 Å². The molecule has 1 atom stereocenters. The van der Waals surface area contributed by atoms with Crippen molar-refractivity contribution in [1.29, 1.82) is 0 Å². The van der Waals surface area contributed by atoms with Gasteiger partial charge in [0.2, 0.25) is 0 Å². The molecule has 2 rings (SSSR count). The average molecular weight is 261 g/mol. The van der Waals surface area contributed by atoms with E-state index in [1.807, 2.05) is 13.8 Å². The molecule has 1 unspecified atom stereocenters. The van der Waals surface area contributed by atoms with E-state index in [2.05, 4.69) is 4.98 Å². The van der Waals surface area contributed by atoms with Crippen molar-refractivity contribution < 1.29 is 14.2 Å². The third-order valence-electron chi connectivity index (χ3n) is 2.80. The lowest BCUT2D eigenvalue weighted by Gasteiger charge is -2.10. The van der Waals surface area contributed by atoms with Gasteiger partial charge in [-0.3, -0.25) is 4.98 Å².